The van der Waals surface area contributed by atoms with Crippen molar-refractivity contribution in [3.63, 3.8) is 0 Å². The van der Waals surface area contributed by atoms with Crippen LogP contribution < -0.4 is 0 Å². The van der Waals surface area contributed by atoms with Gasteiger partial charge in [-0.3, -0.25) is 0 Å². The number of benzene rings is 1. The molecule has 244 valence electrons. The Bertz CT molecular complexity index is 1330. The first-order valence-corrected chi connectivity index (χ1v) is 15.7. The van der Waals surface area contributed by atoms with Crippen LogP contribution in [0.1, 0.15) is 89.2 Å². The third-order valence-corrected chi connectivity index (χ3v) is 11.6. The van der Waals surface area contributed by atoms with Gasteiger partial charge < -0.3 is 24.8 Å². The summed E-state index contributed by atoms with van der Waals surface area (Å²) in [7, 11) is 0. The largest absolute Gasteiger partial charge is 0.456 e. The summed E-state index contributed by atoms with van der Waals surface area (Å²) in [6, 6.07) is 7.30. The fraction of sp³-hybridized carbons (Fsp3) is 0.706. The summed E-state index contributed by atoms with van der Waals surface area (Å²) >= 11 is 0. The standard InChI is InChI=1S/C34H43F5O5/c1-28(2)19-43-31(44-20-28)14-11-26-27-23(10-13-30(26,41)18-31)25-12-15-32(42,33(35,36)34(37,38)39)29(25,3)17-24(27)22-8-6-21(7-9-22)5-4-16-40/h4-9,23-25,40-42H,10-20H2,1-3H3/b5-4+/t23-,24+,25-,29-,30+,32-/m0/s1. The molecule has 0 radical (unpaired) electrons. The fourth-order valence-corrected chi connectivity index (χ4v) is 9.34. The number of allylic oxidation sites excluding steroid dienone is 1. The highest BCUT2D eigenvalue weighted by Crippen LogP contribution is 2.71. The van der Waals surface area contributed by atoms with Crippen LogP contribution in [0.4, 0.5) is 22.0 Å². The van der Waals surface area contributed by atoms with Gasteiger partial charge in [0.25, 0.3) is 0 Å². The minimum atomic E-state index is -5.90. The smallest absolute Gasteiger partial charge is 0.392 e. The lowest BCUT2D eigenvalue weighted by Crippen LogP contribution is -2.65. The zero-order valence-electron chi connectivity index (χ0n) is 25.5. The number of halogens is 5. The molecule has 0 amide bonds. The average Bonchev–Trinajstić information content (AvgIpc) is 3.24. The van der Waals surface area contributed by atoms with Gasteiger partial charge in [0, 0.05) is 29.6 Å². The number of fused-ring (bicyclic) bond motifs is 4. The van der Waals surface area contributed by atoms with Gasteiger partial charge in [-0.2, -0.15) is 22.0 Å². The first-order chi connectivity index (χ1) is 20.4. The lowest BCUT2D eigenvalue weighted by Gasteiger charge is -2.59. The van der Waals surface area contributed by atoms with E-state index in [1.165, 1.54) is 6.92 Å². The van der Waals surface area contributed by atoms with Crippen LogP contribution in [-0.2, 0) is 9.47 Å². The van der Waals surface area contributed by atoms with E-state index in [4.69, 9.17) is 14.6 Å². The molecular formula is C34H43F5O5. The van der Waals surface area contributed by atoms with Crippen LogP contribution in [0.3, 0.4) is 0 Å². The highest BCUT2D eigenvalue weighted by Gasteiger charge is 2.79. The first-order valence-electron chi connectivity index (χ1n) is 15.7. The molecule has 3 N–H and O–H groups in total. The van der Waals surface area contributed by atoms with Gasteiger partial charge >= 0.3 is 12.1 Å². The molecule has 1 aromatic carbocycles. The average molecular weight is 627 g/mol. The van der Waals surface area contributed by atoms with Crippen LogP contribution in [0, 0.1) is 22.7 Å². The van der Waals surface area contributed by atoms with E-state index < -0.39 is 52.8 Å². The molecule has 0 bridgehead atoms. The van der Waals surface area contributed by atoms with Gasteiger partial charge in [0.2, 0.25) is 0 Å². The van der Waals surface area contributed by atoms with Crippen molar-refractivity contribution in [3.05, 3.63) is 52.6 Å². The first kappa shape index (κ1) is 32.1. The number of hydrogen-bond donors (Lipinski definition) is 3. The summed E-state index contributed by atoms with van der Waals surface area (Å²) in [5.74, 6) is -7.75. The zero-order valence-corrected chi connectivity index (χ0v) is 25.5. The fourth-order valence-electron chi connectivity index (χ4n) is 9.34. The second-order valence-corrected chi connectivity index (χ2v) is 14.9. The number of ether oxygens (including phenoxy) is 2. The highest BCUT2D eigenvalue weighted by atomic mass is 19.4. The van der Waals surface area contributed by atoms with Gasteiger partial charge in [0.1, 0.15) is 5.60 Å². The molecule has 0 aromatic heterocycles. The Morgan fingerprint density at radius 1 is 0.932 bits per heavy atom. The Labute approximate surface area is 255 Å². The Morgan fingerprint density at radius 3 is 2.20 bits per heavy atom. The third-order valence-electron chi connectivity index (χ3n) is 11.6. The Kier molecular flexibility index (Phi) is 7.53. The van der Waals surface area contributed by atoms with Gasteiger partial charge in [-0.1, -0.05) is 62.8 Å². The highest BCUT2D eigenvalue weighted by molar-refractivity contribution is 5.52. The van der Waals surface area contributed by atoms with Gasteiger partial charge in [-0.15, -0.1) is 0 Å². The molecule has 1 heterocycles. The van der Waals surface area contributed by atoms with Crippen molar-refractivity contribution >= 4 is 6.08 Å². The molecular weight excluding hydrogens is 583 g/mol. The predicted molar refractivity (Wildman–Crippen MR) is 154 cm³/mol. The van der Waals surface area contributed by atoms with Crippen LogP contribution in [-0.4, -0.2) is 64.2 Å². The molecule has 1 aromatic rings. The van der Waals surface area contributed by atoms with Gasteiger partial charge in [-0.25, -0.2) is 0 Å². The van der Waals surface area contributed by atoms with Crippen molar-refractivity contribution in [1.29, 1.82) is 0 Å². The van der Waals surface area contributed by atoms with Crippen molar-refractivity contribution in [3.8, 4) is 0 Å². The SMILES string of the molecule is CC1(C)COC2(CCC3=C4[C@@H](CC[C@@]3(O)C2)[C@@H]2CC[C@@](O)(C(F)(F)C(F)(F)F)[C@@]2(C)C[C@@H]4c2ccc(/C=C/CO)cc2)OC1. The number of alkyl halides is 5. The van der Waals surface area contributed by atoms with Gasteiger partial charge in [-0.05, 0) is 67.1 Å². The van der Waals surface area contributed by atoms with Crippen molar-refractivity contribution in [2.75, 3.05) is 19.8 Å². The monoisotopic (exact) mass is 626 g/mol. The molecule has 5 aliphatic rings. The predicted octanol–water partition coefficient (Wildman–Crippen LogP) is 6.92. The number of aliphatic hydroxyl groups excluding tert-OH is 1. The molecule has 3 saturated carbocycles. The molecule has 44 heavy (non-hydrogen) atoms. The van der Waals surface area contributed by atoms with E-state index in [1.807, 2.05) is 24.3 Å². The van der Waals surface area contributed by atoms with Crippen molar-refractivity contribution in [1.82, 2.24) is 0 Å². The molecule has 6 rings (SSSR count). The molecule has 4 aliphatic carbocycles. The Morgan fingerprint density at radius 2 is 1.59 bits per heavy atom. The van der Waals surface area contributed by atoms with E-state index in [0.717, 1.165) is 22.3 Å². The quantitative estimate of drug-likeness (QED) is 0.250. The Balaban J connectivity index is 1.45. The maximum atomic E-state index is 15.3. The molecule has 1 spiro atoms. The third kappa shape index (κ3) is 4.72. The van der Waals surface area contributed by atoms with E-state index >= 15 is 8.78 Å². The minimum Gasteiger partial charge on any atom is -0.392 e. The van der Waals surface area contributed by atoms with E-state index in [9.17, 15) is 23.4 Å². The minimum absolute atomic E-state index is 0.0431. The van der Waals surface area contributed by atoms with E-state index in [1.54, 1.807) is 12.2 Å². The number of rotatable bonds is 4. The number of hydrogen-bond acceptors (Lipinski definition) is 5. The molecule has 1 saturated heterocycles. The van der Waals surface area contributed by atoms with Crippen LogP contribution in [0.15, 0.2) is 41.5 Å². The maximum absolute atomic E-state index is 15.3. The molecule has 5 nitrogen and oxygen atoms in total. The normalized spacial score (nSPS) is 38.5. The van der Waals surface area contributed by atoms with Gasteiger partial charge in [0.05, 0.1) is 25.4 Å². The topological polar surface area (TPSA) is 79.2 Å². The molecule has 6 atom stereocenters. The van der Waals surface area contributed by atoms with Crippen LogP contribution in [0.25, 0.3) is 6.08 Å². The van der Waals surface area contributed by atoms with Crippen LogP contribution in [0.2, 0.25) is 0 Å². The molecule has 4 fully saturated rings. The summed E-state index contributed by atoms with van der Waals surface area (Å²) in [5, 5.41) is 32.9. The van der Waals surface area contributed by atoms with Crippen LogP contribution in [0.5, 0.6) is 0 Å². The van der Waals surface area contributed by atoms with Gasteiger partial charge in [0.15, 0.2) is 5.79 Å². The van der Waals surface area contributed by atoms with E-state index in [-0.39, 0.29) is 37.2 Å². The summed E-state index contributed by atoms with van der Waals surface area (Å²) in [6.07, 6.45) is -1.38. The Hall–Kier alpha value is -1.85. The summed E-state index contributed by atoms with van der Waals surface area (Å²) < 4.78 is 84.6. The summed E-state index contributed by atoms with van der Waals surface area (Å²) in [5.41, 5.74) is -3.12. The van der Waals surface area contributed by atoms with E-state index in [0.29, 0.717) is 38.9 Å². The number of aliphatic hydroxyl groups is 3. The molecule has 0 unspecified atom stereocenters. The second-order valence-electron chi connectivity index (χ2n) is 14.9. The van der Waals surface area contributed by atoms with E-state index in [2.05, 4.69) is 13.8 Å². The van der Waals surface area contributed by atoms with Crippen molar-refractivity contribution < 1.29 is 46.7 Å². The lowest BCUT2D eigenvalue weighted by atomic mass is 9.49. The molecule has 10 heteroatoms. The second kappa shape index (κ2) is 10.3. The van der Waals surface area contributed by atoms with Crippen molar-refractivity contribution in [2.45, 2.75) is 107 Å². The maximum Gasteiger partial charge on any atom is 0.456 e. The molecule has 1 aliphatic heterocycles. The van der Waals surface area contributed by atoms with Crippen LogP contribution >= 0.6 is 0 Å². The summed E-state index contributed by atoms with van der Waals surface area (Å²) in [6.45, 7) is 6.36. The summed E-state index contributed by atoms with van der Waals surface area (Å²) in [4.78, 5) is 0. The lowest BCUT2D eigenvalue weighted by molar-refractivity contribution is -0.362. The zero-order chi connectivity index (χ0) is 32.0. The van der Waals surface area contributed by atoms with Crippen molar-refractivity contribution in [2.24, 2.45) is 22.7 Å².